The molecule has 0 aliphatic carbocycles. The van der Waals surface area contributed by atoms with Gasteiger partial charge in [-0.25, -0.2) is 0 Å². The first-order valence-electron chi connectivity index (χ1n) is 9.42. The van der Waals surface area contributed by atoms with Crippen molar-refractivity contribution in [3.8, 4) is 0 Å². The van der Waals surface area contributed by atoms with Gasteiger partial charge in [0, 0.05) is 34.0 Å². The average Bonchev–Trinajstić information content (AvgIpc) is 3.13. The number of anilines is 2. The van der Waals surface area contributed by atoms with E-state index in [9.17, 15) is 9.59 Å². The molecular formula is C24H21N3O2. The summed E-state index contributed by atoms with van der Waals surface area (Å²) in [5.74, 6) is -0.333. The van der Waals surface area contributed by atoms with Gasteiger partial charge in [0.05, 0.1) is 6.42 Å². The van der Waals surface area contributed by atoms with Crippen LogP contribution in [-0.2, 0) is 11.2 Å². The van der Waals surface area contributed by atoms with E-state index >= 15 is 0 Å². The number of rotatable bonds is 5. The van der Waals surface area contributed by atoms with Gasteiger partial charge in [-0.3, -0.25) is 9.59 Å². The molecule has 144 valence electrons. The van der Waals surface area contributed by atoms with Crippen LogP contribution in [0.3, 0.4) is 0 Å². The minimum Gasteiger partial charge on any atom is -0.361 e. The van der Waals surface area contributed by atoms with Gasteiger partial charge in [0.15, 0.2) is 0 Å². The lowest BCUT2D eigenvalue weighted by Gasteiger charge is -2.13. The molecule has 0 aliphatic rings. The van der Waals surface area contributed by atoms with E-state index < -0.39 is 0 Å². The van der Waals surface area contributed by atoms with E-state index in [1.807, 2.05) is 73.8 Å². The van der Waals surface area contributed by atoms with E-state index in [1.165, 1.54) is 0 Å². The lowest BCUT2D eigenvalue weighted by molar-refractivity contribution is -0.115. The van der Waals surface area contributed by atoms with Crippen LogP contribution in [0.1, 0.15) is 21.5 Å². The fourth-order valence-electron chi connectivity index (χ4n) is 3.38. The van der Waals surface area contributed by atoms with E-state index in [0.717, 1.165) is 27.7 Å². The summed E-state index contributed by atoms with van der Waals surface area (Å²) in [5.41, 5.74) is 4.56. The highest BCUT2D eigenvalue weighted by Crippen LogP contribution is 2.22. The number of carbonyl (C=O) groups is 2. The molecule has 29 heavy (non-hydrogen) atoms. The number of carbonyl (C=O) groups excluding carboxylic acids is 2. The molecule has 1 aromatic heterocycles. The summed E-state index contributed by atoms with van der Waals surface area (Å²) < 4.78 is 0. The maximum atomic E-state index is 12.6. The zero-order valence-electron chi connectivity index (χ0n) is 16.0. The van der Waals surface area contributed by atoms with Gasteiger partial charge < -0.3 is 15.6 Å². The second kappa shape index (κ2) is 8.02. The Morgan fingerprint density at radius 3 is 2.45 bits per heavy atom. The molecule has 0 unspecified atom stereocenters. The van der Waals surface area contributed by atoms with E-state index in [2.05, 4.69) is 15.6 Å². The predicted molar refractivity (Wildman–Crippen MR) is 116 cm³/mol. The molecule has 2 amide bonds. The Morgan fingerprint density at radius 1 is 0.862 bits per heavy atom. The molecule has 0 fully saturated rings. The third-order valence-electron chi connectivity index (χ3n) is 4.91. The molecule has 5 nitrogen and oxygen atoms in total. The minimum absolute atomic E-state index is 0.126. The lowest BCUT2D eigenvalue weighted by Crippen LogP contribution is -2.18. The Morgan fingerprint density at radius 2 is 1.62 bits per heavy atom. The summed E-state index contributed by atoms with van der Waals surface area (Å²) in [4.78, 5) is 28.5. The molecule has 3 aromatic carbocycles. The molecule has 0 bridgehead atoms. The van der Waals surface area contributed by atoms with Crippen molar-refractivity contribution in [2.45, 2.75) is 13.3 Å². The predicted octanol–water partition coefficient (Wildman–Crippen LogP) is 4.91. The van der Waals surface area contributed by atoms with Crippen molar-refractivity contribution in [3.05, 3.63) is 95.7 Å². The number of aromatic amines is 1. The van der Waals surface area contributed by atoms with Crippen LogP contribution in [0.15, 0.2) is 79.0 Å². The van der Waals surface area contributed by atoms with Crippen molar-refractivity contribution in [1.82, 2.24) is 4.98 Å². The molecule has 0 radical (unpaired) electrons. The molecule has 3 N–H and O–H groups in total. The van der Waals surface area contributed by atoms with Crippen LogP contribution in [-0.4, -0.2) is 16.8 Å². The van der Waals surface area contributed by atoms with E-state index in [4.69, 9.17) is 0 Å². The molecule has 0 saturated carbocycles. The zero-order chi connectivity index (χ0) is 20.2. The van der Waals surface area contributed by atoms with Gasteiger partial charge in [0.25, 0.3) is 5.91 Å². The topological polar surface area (TPSA) is 74.0 Å². The number of benzene rings is 3. The second-order valence-electron chi connectivity index (χ2n) is 6.88. The molecule has 0 aliphatic heterocycles. The Hall–Kier alpha value is -3.86. The van der Waals surface area contributed by atoms with Gasteiger partial charge in [-0.15, -0.1) is 0 Å². The van der Waals surface area contributed by atoms with Crippen molar-refractivity contribution in [2.75, 3.05) is 10.6 Å². The second-order valence-corrected chi connectivity index (χ2v) is 6.88. The van der Waals surface area contributed by atoms with Crippen LogP contribution < -0.4 is 10.6 Å². The molecule has 0 atom stereocenters. The highest BCUT2D eigenvalue weighted by Gasteiger charge is 2.14. The normalized spacial score (nSPS) is 10.7. The van der Waals surface area contributed by atoms with Crippen molar-refractivity contribution < 1.29 is 9.59 Å². The van der Waals surface area contributed by atoms with Crippen LogP contribution in [0.25, 0.3) is 10.9 Å². The maximum absolute atomic E-state index is 12.6. The fraction of sp³-hybridized carbons (Fsp3) is 0.0833. The number of aromatic nitrogens is 1. The van der Waals surface area contributed by atoms with Crippen LogP contribution in [0.5, 0.6) is 0 Å². The van der Waals surface area contributed by atoms with Crippen molar-refractivity contribution >= 4 is 34.1 Å². The van der Waals surface area contributed by atoms with E-state index in [0.29, 0.717) is 11.3 Å². The summed E-state index contributed by atoms with van der Waals surface area (Å²) >= 11 is 0. The maximum Gasteiger partial charge on any atom is 0.256 e. The summed E-state index contributed by atoms with van der Waals surface area (Å²) in [7, 11) is 0. The monoisotopic (exact) mass is 383 g/mol. The Labute approximate surface area is 168 Å². The molecule has 0 saturated heterocycles. The summed E-state index contributed by atoms with van der Waals surface area (Å²) in [6, 6.07) is 22.5. The zero-order valence-corrected chi connectivity index (χ0v) is 16.0. The van der Waals surface area contributed by atoms with E-state index in [1.54, 1.807) is 12.1 Å². The van der Waals surface area contributed by atoms with Crippen molar-refractivity contribution in [3.63, 3.8) is 0 Å². The quantitative estimate of drug-likeness (QED) is 0.458. The smallest absolute Gasteiger partial charge is 0.256 e. The Balaban J connectivity index is 1.49. The fourth-order valence-corrected chi connectivity index (χ4v) is 3.38. The average molecular weight is 383 g/mol. The van der Waals surface area contributed by atoms with Crippen LogP contribution in [0.2, 0.25) is 0 Å². The van der Waals surface area contributed by atoms with Crippen molar-refractivity contribution in [2.24, 2.45) is 0 Å². The standard InChI is InChI=1S/C24H21N3O2/c1-16-19(24(29)26-18-8-3-2-4-9-18)11-7-13-21(16)27-23(28)14-17-15-25-22-12-6-5-10-20(17)22/h2-13,15,25H,14H2,1H3,(H,26,29)(H,27,28). The number of nitrogens with one attached hydrogen (secondary N) is 3. The van der Waals surface area contributed by atoms with E-state index in [-0.39, 0.29) is 18.2 Å². The molecule has 0 spiro atoms. The number of para-hydroxylation sites is 2. The number of amides is 2. The van der Waals surface area contributed by atoms with Gasteiger partial charge in [0.2, 0.25) is 5.91 Å². The number of hydrogen-bond donors (Lipinski definition) is 3. The van der Waals surface area contributed by atoms with Crippen LogP contribution >= 0.6 is 0 Å². The highest BCUT2D eigenvalue weighted by atomic mass is 16.2. The summed E-state index contributed by atoms with van der Waals surface area (Å²) in [6.07, 6.45) is 2.12. The first-order valence-corrected chi connectivity index (χ1v) is 9.42. The van der Waals surface area contributed by atoms with Gasteiger partial charge in [-0.05, 0) is 48.4 Å². The Kier molecular flexibility index (Phi) is 5.12. The highest BCUT2D eigenvalue weighted by molar-refractivity contribution is 6.07. The number of H-pyrrole nitrogens is 1. The molecule has 5 heteroatoms. The molecule has 4 aromatic rings. The SMILES string of the molecule is Cc1c(NC(=O)Cc2c[nH]c3ccccc23)cccc1C(=O)Nc1ccccc1. The molecule has 4 rings (SSSR count). The van der Waals surface area contributed by atoms with Gasteiger partial charge in [0.1, 0.15) is 0 Å². The van der Waals surface area contributed by atoms with Crippen LogP contribution in [0.4, 0.5) is 11.4 Å². The molecular weight excluding hydrogens is 362 g/mol. The third kappa shape index (κ3) is 4.04. The van der Waals surface area contributed by atoms with Gasteiger partial charge in [-0.1, -0.05) is 42.5 Å². The third-order valence-corrected chi connectivity index (χ3v) is 4.91. The molecule has 1 heterocycles. The Bertz CT molecular complexity index is 1180. The first kappa shape index (κ1) is 18.5. The van der Waals surface area contributed by atoms with Gasteiger partial charge in [-0.2, -0.15) is 0 Å². The minimum atomic E-state index is -0.207. The first-order chi connectivity index (χ1) is 14.1. The largest absolute Gasteiger partial charge is 0.361 e. The summed E-state index contributed by atoms with van der Waals surface area (Å²) in [5, 5.41) is 6.86. The van der Waals surface area contributed by atoms with Crippen molar-refractivity contribution in [1.29, 1.82) is 0 Å². The summed E-state index contributed by atoms with van der Waals surface area (Å²) in [6.45, 7) is 1.83. The number of fused-ring (bicyclic) bond motifs is 1. The van der Waals surface area contributed by atoms with Gasteiger partial charge >= 0.3 is 0 Å². The lowest BCUT2D eigenvalue weighted by atomic mass is 10.1. The number of hydrogen-bond acceptors (Lipinski definition) is 2. The van der Waals surface area contributed by atoms with Crippen LogP contribution in [0, 0.1) is 6.92 Å².